The molecule has 0 atom stereocenters. The number of hydrogen-bond donors (Lipinski definition) is 2. The molecule has 2 rings (SSSR count). The van der Waals surface area contributed by atoms with Gasteiger partial charge in [-0.25, -0.2) is 0 Å². The molecule has 1 heterocycles. The van der Waals surface area contributed by atoms with E-state index in [0.29, 0.717) is 30.2 Å². The Morgan fingerprint density at radius 3 is 2.95 bits per heavy atom. The van der Waals surface area contributed by atoms with Crippen LogP contribution in [0.1, 0.15) is 22.8 Å². The summed E-state index contributed by atoms with van der Waals surface area (Å²) in [4.78, 5) is 14.1. The number of carbonyl (C=O) groups excluding carboxylic acids is 1. The number of carbonyl (C=O) groups is 1. The predicted molar refractivity (Wildman–Crippen MR) is 76.4 cm³/mol. The van der Waals surface area contributed by atoms with E-state index >= 15 is 0 Å². The highest BCUT2D eigenvalue weighted by Gasteiger charge is 2.20. The fraction of sp³-hybridized carbons (Fsp3) is 0.286. The van der Waals surface area contributed by atoms with Crippen LogP contribution in [0, 0.1) is 0 Å². The molecule has 0 radical (unpaired) electrons. The summed E-state index contributed by atoms with van der Waals surface area (Å²) < 4.78 is 5.48. The maximum atomic E-state index is 12.5. The van der Waals surface area contributed by atoms with Crippen molar-refractivity contribution in [3.8, 4) is 5.75 Å². The lowest BCUT2D eigenvalue weighted by atomic mass is 10.1. The van der Waals surface area contributed by atoms with Gasteiger partial charge < -0.3 is 15.4 Å². The number of rotatable bonds is 5. The number of nitrogens with two attached hydrogens (primary N) is 1. The fourth-order valence-electron chi connectivity index (χ4n) is 1.95. The monoisotopic (exact) mass is 274 g/mol. The summed E-state index contributed by atoms with van der Waals surface area (Å²) in [5.74, 6) is 0.337. The molecule has 0 bridgehead atoms. The van der Waals surface area contributed by atoms with Crippen molar-refractivity contribution < 1.29 is 9.53 Å². The summed E-state index contributed by atoms with van der Waals surface area (Å²) in [6.07, 6.45) is 3.43. The normalized spacial score (nSPS) is 10.3. The molecule has 0 aliphatic heterocycles. The van der Waals surface area contributed by atoms with Crippen LogP contribution in [-0.4, -0.2) is 34.7 Å². The SMILES string of the molecule is CCOc1cccc(N)c1C(=O)N(C)Cc1cn[nH]c1. The lowest BCUT2D eigenvalue weighted by Crippen LogP contribution is -2.27. The smallest absolute Gasteiger partial charge is 0.259 e. The fourth-order valence-corrected chi connectivity index (χ4v) is 1.95. The third-order valence-electron chi connectivity index (χ3n) is 2.89. The van der Waals surface area contributed by atoms with Gasteiger partial charge in [0.25, 0.3) is 5.91 Å². The molecule has 6 nitrogen and oxygen atoms in total. The Morgan fingerprint density at radius 1 is 1.50 bits per heavy atom. The average molecular weight is 274 g/mol. The van der Waals surface area contributed by atoms with Gasteiger partial charge in [0.05, 0.1) is 12.8 Å². The molecule has 1 amide bonds. The van der Waals surface area contributed by atoms with E-state index in [2.05, 4.69) is 10.2 Å². The third kappa shape index (κ3) is 2.90. The lowest BCUT2D eigenvalue weighted by molar-refractivity contribution is 0.0782. The topological polar surface area (TPSA) is 84.2 Å². The number of amides is 1. The molecule has 2 aromatic rings. The van der Waals surface area contributed by atoms with Crippen LogP contribution >= 0.6 is 0 Å². The van der Waals surface area contributed by atoms with Crippen LogP contribution in [0.2, 0.25) is 0 Å². The Hall–Kier alpha value is -2.50. The molecule has 6 heteroatoms. The number of aromatic amines is 1. The Morgan fingerprint density at radius 2 is 2.30 bits per heavy atom. The predicted octanol–water partition coefficient (Wildman–Crippen LogP) is 1.66. The van der Waals surface area contributed by atoms with Crippen LogP contribution in [0.3, 0.4) is 0 Å². The van der Waals surface area contributed by atoms with Crippen LogP contribution in [0.5, 0.6) is 5.75 Å². The second-order valence-corrected chi connectivity index (χ2v) is 4.42. The maximum Gasteiger partial charge on any atom is 0.259 e. The standard InChI is InChI=1S/C14H18N4O2/c1-3-20-12-6-4-5-11(15)13(12)14(19)18(2)9-10-7-16-17-8-10/h4-8H,3,9,15H2,1-2H3,(H,16,17). The van der Waals surface area contributed by atoms with Gasteiger partial charge in [0.15, 0.2) is 0 Å². The maximum absolute atomic E-state index is 12.5. The second kappa shape index (κ2) is 6.10. The average Bonchev–Trinajstić information content (AvgIpc) is 2.91. The Labute approximate surface area is 117 Å². The van der Waals surface area contributed by atoms with Crippen molar-refractivity contribution in [2.75, 3.05) is 19.4 Å². The van der Waals surface area contributed by atoms with Gasteiger partial charge in [0.2, 0.25) is 0 Å². The van der Waals surface area contributed by atoms with Crippen LogP contribution in [0.4, 0.5) is 5.69 Å². The van der Waals surface area contributed by atoms with Gasteiger partial charge in [-0.15, -0.1) is 0 Å². The molecule has 0 unspecified atom stereocenters. The number of aromatic nitrogens is 2. The number of ether oxygens (including phenoxy) is 1. The van der Waals surface area contributed by atoms with Gasteiger partial charge in [-0.05, 0) is 19.1 Å². The summed E-state index contributed by atoms with van der Waals surface area (Å²) in [6, 6.07) is 5.22. The highest BCUT2D eigenvalue weighted by molar-refractivity contribution is 6.01. The first-order valence-corrected chi connectivity index (χ1v) is 6.38. The summed E-state index contributed by atoms with van der Waals surface area (Å²) >= 11 is 0. The molecule has 0 fully saturated rings. The number of nitrogens with one attached hydrogen (secondary N) is 1. The summed E-state index contributed by atoms with van der Waals surface area (Å²) in [5.41, 5.74) is 7.66. The second-order valence-electron chi connectivity index (χ2n) is 4.42. The van der Waals surface area contributed by atoms with Crippen LogP contribution in [0.15, 0.2) is 30.6 Å². The highest BCUT2D eigenvalue weighted by atomic mass is 16.5. The van der Waals surface area contributed by atoms with E-state index in [4.69, 9.17) is 10.5 Å². The molecule has 0 saturated carbocycles. The van der Waals surface area contributed by atoms with Gasteiger partial charge in [-0.1, -0.05) is 6.07 Å². The van der Waals surface area contributed by atoms with E-state index in [1.54, 1.807) is 42.5 Å². The minimum atomic E-state index is -0.173. The van der Waals surface area contributed by atoms with Crippen molar-refractivity contribution in [2.45, 2.75) is 13.5 Å². The van der Waals surface area contributed by atoms with E-state index in [-0.39, 0.29) is 5.91 Å². The minimum absolute atomic E-state index is 0.173. The van der Waals surface area contributed by atoms with Crippen LogP contribution in [0.25, 0.3) is 0 Å². The van der Waals surface area contributed by atoms with Crippen LogP contribution < -0.4 is 10.5 Å². The molecule has 0 aliphatic rings. The quantitative estimate of drug-likeness (QED) is 0.812. The Kier molecular flexibility index (Phi) is 4.24. The molecule has 1 aromatic carbocycles. The molecule has 3 N–H and O–H groups in total. The third-order valence-corrected chi connectivity index (χ3v) is 2.89. The van der Waals surface area contributed by atoms with Gasteiger partial charge in [0, 0.05) is 31.0 Å². The number of benzene rings is 1. The van der Waals surface area contributed by atoms with Crippen molar-refractivity contribution in [1.29, 1.82) is 0 Å². The number of nitrogens with zero attached hydrogens (tertiary/aromatic N) is 2. The first kappa shape index (κ1) is 13.9. The first-order valence-electron chi connectivity index (χ1n) is 6.38. The Bertz CT molecular complexity index is 581. The largest absolute Gasteiger partial charge is 0.493 e. The van der Waals surface area contributed by atoms with E-state index in [0.717, 1.165) is 5.56 Å². The minimum Gasteiger partial charge on any atom is -0.493 e. The number of hydrogen-bond acceptors (Lipinski definition) is 4. The zero-order chi connectivity index (χ0) is 14.5. The van der Waals surface area contributed by atoms with Crippen molar-refractivity contribution in [1.82, 2.24) is 15.1 Å². The summed E-state index contributed by atoms with van der Waals surface area (Å²) in [5, 5.41) is 6.58. The molecule has 0 saturated heterocycles. The molecular formula is C14H18N4O2. The van der Waals surface area contributed by atoms with Crippen LogP contribution in [-0.2, 0) is 6.54 Å². The van der Waals surface area contributed by atoms with Gasteiger partial charge in [-0.2, -0.15) is 5.10 Å². The van der Waals surface area contributed by atoms with E-state index in [9.17, 15) is 4.79 Å². The molecule has 106 valence electrons. The zero-order valence-corrected chi connectivity index (χ0v) is 11.6. The number of anilines is 1. The van der Waals surface area contributed by atoms with Crippen molar-refractivity contribution in [3.63, 3.8) is 0 Å². The molecule has 1 aromatic heterocycles. The highest BCUT2D eigenvalue weighted by Crippen LogP contribution is 2.26. The van der Waals surface area contributed by atoms with Crippen molar-refractivity contribution in [2.24, 2.45) is 0 Å². The van der Waals surface area contributed by atoms with E-state index in [1.165, 1.54) is 0 Å². The van der Waals surface area contributed by atoms with Crippen molar-refractivity contribution in [3.05, 3.63) is 41.7 Å². The number of nitrogen functional groups attached to an aromatic ring is 1. The van der Waals surface area contributed by atoms with E-state index < -0.39 is 0 Å². The number of H-pyrrole nitrogens is 1. The van der Waals surface area contributed by atoms with Gasteiger partial charge in [-0.3, -0.25) is 9.89 Å². The van der Waals surface area contributed by atoms with E-state index in [1.807, 2.05) is 6.92 Å². The Balaban J connectivity index is 2.23. The van der Waals surface area contributed by atoms with Crippen molar-refractivity contribution >= 4 is 11.6 Å². The molecule has 0 spiro atoms. The molecule has 0 aliphatic carbocycles. The van der Waals surface area contributed by atoms with Gasteiger partial charge >= 0.3 is 0 Å². The zero-order valence-electron chi connectivity index (χ0n) is 11.6. The molecule has 20 heavy (non-hydrogen) atoms. The summed E-state index contributed by atoms with van der Waals surface area (Å²) in [6.45, 7) is 2.80. The summed E-state index contributed by atoms with van der Waals surface area (Å²) in [7, 11) is 1.72. The lowest BCUT2D eigenvalue weighted by Gasteiger charge is -2.19. The molecular weight excluding hydrogens is 256 g/mol. The van der Waals surface area contributed by atoms with Gasteiger partial charge in [0.1, 0.15) is 11.3 Å². The first-order chi connectivity index (χ1) is 9.63.